The lowest BCUT2D eigenvalue weighted by molar-refractivity contribution is 0.0657. The van der Waals surface area contributed by atoms with E-state index in [0.717, 1.165) is 25.2 Å². The number of nitrogens with zero attached hydrogens (tertiary/aromatic N) is 3. The number of amides is 1. The van der Waals surface area contributed by atoms with E-state index < -0.39 is 0 Å². The summed E-state index contributed by atoms with van der Waals surface area (Å²) in [6.45, 7) is 4.46. The maximum Gasteiger partial charge on any atom is 0.256 e. The SMILES string of the molecule is C[C@H]1CNCCN1C(=O)c1cccc2nccnc12.Cl. The maximum atomic E-state index is 12.7. The summed E-state index contributed by atoms with van der Waals surface area (Å²) < 4.78 is 0. The molecule has 20 heavy (non-hydrogen) atoms. The smallest absolute Gasteiger partial charge is 0.256 e. The molecule has 2 heterocycles. The summed E-state index contributed by atoms with van der Waals surface area (Å²) in [5.41, 5.74) is 2.08. The lowest BCUT2D eigenvalue weighted by Gasteiger charge is -2.34. The maximum absolute atomic E-state index is 12.7. The molecule has 5 nitrogen and oxygen atoms in total. The normalized spacial score (nSPS) is 18.6. The Hall–Kier alpha value is -1.72. The van der Waals surface area contributed by atoms with Crippen LogP contribution in [0.15, 0.2) is 30.6 Å². The number of piperazine rings is 1. The molecule has 0 saturated carbocycles. The van der Waals surface area contributed by atoms with E-state index in [4.69, 9.17) is 0 Å². The number of carbonyl (C=O) groups excluding carboxylic acids is 1. The number of benzene rings is 1. The zero-order chi connectivity index (χ0) is 13.2. The summed E-state index contributed by atoms with van der Waals surface area (Å²) >= 11 is 0. The van der Waals surface area contributed by atoms with Gasteiger partial charge in [-0.15, -0.1) is 12.4 Å². The molecular weight excluding hydrogens is 276 g/mol. The highest BCUT2D eigenvalue weighted by Gasteiger charge is 2.25. The van der Waals surface area contributed by atoms with E-state index in [9.17, 15) is 4.79 Å². The molecular formula is C14H17ClN4O. The summed E-state index contributed by atoms with van der Waals surface area (Å²) in [5.74, 6) is 0.0418. The van der Waals surface area contributed by atoms with Gasteiger partial charge in [0.05, 0.1) is 11.1 Å². The van der Waals surface area contributed by atoms with Gasteiger partial charge >= 0.3 is 0 Å². The summed E-state index contributed by atoms with van der Waals surface area (Å²) in [6.07, 6.45) is 3.27. The van der Waals surface area contributed by atoms with Crippen molar-refractivity contribution in [3.05, 3.63) is 36.2 Å². The van der Waals surface area contributed by atoms with E-state index in [1.807, 2.05) is 23.1 Å². The van der Waals surface area contributed by atoms with Crippen molar-refractivity contribution < 1.29 is 4.79 Å². The van der Waals surface area contributed by atoms with Crippen LogP contribution in [0.25, 0.3) is 11.0 Å². The molecule has 3 rings (SSSR count). The van der Waals surface area contributed by atoms with E-state index >= 15 is 0 Å². The molecule has 0 spiro atoms. The number of rotatable bonds is 1. The van der Waals surface area contributed by atoms with Crippen LogP contribution in [0.1, 0.15) is 17.3 Å². The van der Waals surface area contributed by atoms with E-state index in [0.29, 0.717) is 11.1 Å². The number of carbonyl (C=O) groups is 1. The van der Waals surface area contributed by atoms with Gasteiger partial charge in [-0.2, -0.15) is 0 Å². The van der Waals surface area contributed by atoms with Gasteiger partial charge in [-0.25, -0.2) is 0 Å². The minimum Gasteiger partial charge on any atom is -0.333 e. The Bertz CT molecular complexity index is 614. The van der Waals surface area contributed by atoms with Crippen LogP contribution in [-0.2, 0) is 0 Å². The molecule has 0 aliphatic carbocycles. The zero-order valence-electron chi connectivity index (χ0n) is 11.2. The molecule has 1 aromatic carbocycles. The molecule has 1 aliphatic rings. The van der Waals surface area contributed by atoms with Crippen molar-refractivity contribution in [1.29, 1.82) is 0 Å². The zero-order valence-corrected chi connectivity index (χ0v) is 12.1. The third kappa shape index (κ3) is 2.59. The minimum atomic E-state index is 0. The summed E-state index contributed by atoms with van der Waals surface area (Å²) in [5, 5.41) is 3.29. The van der Waals surface area contributed by atoms with Gasteiger partial charge in [0.25, 0.3) is 5.91 Å². The van der Waals surface area contributed by atoms with Gasteiger partial charge in [-0.1, -0.05) is 6.07 Å². The molecule has 1 aliphatic heterocycles. The molecule has 0 unspecified atom stereocenters. The van der Waals surface area contributed by atoms with Crippen molar-refractivity contribution in [2.75, 3.05) is 19.6 Å². The largest absolute Gasteiger partial charge is 0.333 e. The molecule has 1 atom stereocenters. The van der Waals surface area contributed by atoms with Crippen LogP contribution >= 0.6 is 12.4 Å². The fourth-order valence-electron chi connectivity index (χ4n) is 2.46. The summed E-state index contributed by atoms with van der Waals surface area (Å²) in [7, 11) is 0. The summed E-state index contributed by atoms with van der Waals surface area (Å²) in [4.78, 5) is 23.1. The van der Waals surface area contributed by atoms with Gasteiger partial charge in [-0.3, -0.25) is 14.8 Å². The highest BCUT2D eigenvalue weighted by atomic mass is 35.5. The van der Waals surface area contributed by atoms with Gasteiger partial charge < -0.3 is 10.2 Å². The topological polar surface area (TPSA) is 58.1 Å². The fraction of sp³-hybridized carbons (Fsp3) is 0.357. The van der Waals surface area contributed by atoms with Crippen molar-refractivity contribution in [2.45, 2.75) is 13.0 Å². The van der Waals surface area contributed by atoms with Gasteiger partial charge in [0.15, 0.2) is 0 Å². The van der Waals surface area contributed by atoms with Gasteiger partial charge in [0.2, 0.25) is 0 Å². The monoisotopic (exact) mass is 292 g/mol. The average molecular weight is 293 g/mol. The molecule has 0 radical (unpaired) electrons. The highest BCUT2D eigenvalue weighted by Crippen LogP contribution is 2.17. The Kier molecular flexibility index (Phi) is 4.52. The first kappa shape index (κ1) is 14.7. The molecule has 1 aromatic heterocycles. The molecule has 106 valence electrons. The first-order valence-electron chi connectivity index (χ1n) is 6.49. The molecule has 1 saturated heterocycles. The van der Waals surface area contributed by atoms with Crippen LogP contribution in [0.5, 0.6) is 0 Å². The van der Waals surface area contributed by atoms with Gasteiger partial charge in [0.1, 0.15) is 5.52 Å². The van der Waals surface area contributed by atoms with E-state index in [1.54, 1.807) is 12.4 Å². The van der Waals surface area contributed by atoms with E-state index in [2.05, 4.69) is 22.2 Å². The van der Waals surface area contributed by atoms with E-state index in [1.165, 1.54) is 0 Å². The van der Waals surface area contributed by atoms with Crippen LogP contribution in [-0.4, -0.2) is 46.5 Å². The minimum absolute atomic E-state index is 0. The van der Waals surface area contributed by atoms with Crippen LogP contribution < -0.4 is 5.32 Å². The quantitative estimate of drug-likeness (QED) is 0.865. The van der Waals surface area contributed by atoms with Crippen molar-refractivity contribution >= 4 is 29.3 Å². The predicted molar refractivity (Wildman–Crippen MR) is 80.2 cm³/mol. The second-order valence-corrected chi connectivity index (χ2v) is 4.78. The molecule has 1 fully saturated rings. The Morgan fingerprint density at radius 1 is 1.35 bits per heavy atom. The molecule has 0 bridgehead atoms. The van der Waals surface area contributed by atoms with Crippen LogP contribution in [0.2, 0.25) is 0 Å². The number of hydrogen-bond acceptors (Lipinski definition) is 4. The first-order chi connectivity index (χ1) is 9.27. The van der Waals surface area contributed by atoms with Gasteiger partial charge in [-0.05, 0) is 19.1 Å². The first-order valence-corrected chi connectivity index (χ1v) is 6.49. The highest BCUT2D eigenvalue weighted by molar-refractivity contribution is 6.04. The Morgan fingerprint density at radius 2 is 2.15 bits per heavy atom. The number of halogens is 1. The second-order valence-electron chi connectivity index (χ2n) is 4.78. The average Bonchev–Trinajstić information content (AvgIpc) is 2.46. The molecule has 6 heteroatoms. The van der Waals surface area contributed by atoms with Crippen LogP contribution in [0.4, 0.5) is 0 Å². The lowest BCUT2D eigenvalue weighted by Crippen LogP contribution is -2.52. The number of aromatic nitrogens is 2. The van der Waals surface area contributed by atoms with Crippen molar-refractivity contribution in [2.24, 2.45) is 0 Å². The number of para-hydroxylation sites is 1. The van der Waals surface area contributed by atoms with Crippen LogP contribution in [0, 0.1) is 0 Å². The van der Waals surface area contributed by atoms with Crippen molar-refractivity contribution in [3.8, 4) is 0 Å². The van der Waals surface area contributed by atoms with Crippen molar-refractivity contribution in [3.63, 3.8) is 0 Å². The Morgan fingerprint density at radius 3 is 2.95 bits per heavy atom. The standard InChI is InChI=1S/C14H16N4O.ClH/c1-10-9-15-7-8-18(10)14(19)11-3-2-4-12-13(11)17-6-5-16-12;/h2-6,10,15H,7-9H2,1H3;1H/t10-;/m0./s1. The number of nitrogens with one attached hydrogen (secondary N) is 1. The predicted octanol–water partition coefficient (Wildman–Crippen LogP) is 1.49. The Balaban J connectivity index is 0.00000147. The lowest BCUT2D eigenvalue weighted by atomic mass is 10.1. The van der Waals surface area contributed by atoms with Crippen LogP contribution in [0.3, 0.4) is 0 Å². The molecule has 1 N–H and O–H groups in total. The molecule has 2 aromatic rings. The van der Waals surface area contributed by atoms with Crippen molar-refractivity contribution in [1.82, 2.24) is 20.2 Å². The second kappa shape index (κ2) is 6.15. The van der Waals surface area contributed by atoms with E-state index in [-0.39, 0.29) is 24.4 Å². The molecule has 1 amide bonds. The fourth-order valence-corrected chi connectivity index (χ4v) is 2.46. The number of hydrogen-bond donors (Lipinski definition) is 1. The third-order valence-corrected chi connectivity index (χ3v) is 3.49. The third-order valence-electron chi connectivity index (χ3n) is 3.49. The van der Waals surface area contributed by atoms with Gasteiger partial charge in [0, 0.05) is 38.1 Å². The number of fused-ring (bicyclic) bond motifs is 1. The summed E-state index contributed by atoms with van der Waals surface area (Å²) in [6, 6.07) is 5.76. The Labute approximate surface area is 123 Å².